The van der Waals surface area contributed by atoms with Gasteiger partial charge in [-0.2, -0.15) is 0 Å². The summed E-state index contributed by atoms with van der Waals surface area (Å²) in [4.78, 5) is 33.1. The maximum absolute atomic E-state index is 10.3. The molecule has 7 nitrogen and oxygen atoms in total. The van der Waals surface area contributed by atoms with Crippen LogP contribution in [0.25, 0.3) is 0 Å². The minimum atomic E-state index is -4.91. The van der Waals surface area contributed by atoms with Crippen LogP contribution in [0.1, 0.15) is 0 Å². The molecule has 0 heterocycles. The van der Waals surface area contributed by atoms with Gasteiger partial charge < -0.3 is 24.7 Å². The van der Waals surface area contributed by atoms with Crippen LogP contribution in [0.15, 0.2) is 0 Å². The summed E-state index contributed by atoms with van der Waals surface area (Å²) in [5, 5.41) is 5.92. The molecule has 0 bridgehead atoms. The second kappa shape index (κ2) is 5.22. The molecule has 0 amide bonds. The molecule has 0 fully saturated rings. The Labute approximate surface area is 90.4 Å². The van der Waals surface area contributed by atoms with Crippen molar-refractivity contribution in [1.29, 1.82) is 0 Å². The van der Waals surface area contributed by atoms with E-state index < -0.39 is 27.2 Å². The maximum atomic E-state index is 10.3. The number of rotatable bonds is 3. The monoisotopic (exact) mass is 229 g/mol. The molecule has 0 rings (SSSR count). The Bertz CT molecular complexity index is 193. The standard InChI is InChI=1S/C2H8O7P2.Na/c3-1-2(10(4,5)6)11(7,8)9;/h2-3H,1H2,(H2,4,5,6)(H2,7,8,9);. The Morgan fingerprint density at radius 2 is 1.25 bits per heavy atom. The molecule has 0 saturated carbocycles. The van der Waals surface area contributed by atoms with Crippen LogP contribution in [0.3, 0.4) is 0 Å². The van der Waals surface area contributed by atoms with E-state index >= 15 is 0 Å². The molecule has 0 aliphatic carbocycles. The predicted molar refractivity (Wildman–Crippen MR) is 40.7 cm³/mol. The molecular weight excluding hydrogens is 221 g/mol. The van der Waals surface area contributed by atoms with Gasteiger partial charge in [-0.25, -0.2) is 0 Å². The van der Waals surface area contributed by atoms with Crippen molar-refractivity contribution in [1.82, 2.24) is 0 Å². The van der Waals surface area contributed by atoms with Gasteiger partial charge in [0.2, 0.25) is 0 Å². The van der Waals surface area contributed by atoms with Crippen molar-refractivity contribution in [2.75, 3.05) is 6.61 Å². The molecule has 0 aromatic heterocycles. The van der Waals surface area contributed by atoms with Crippen molar-refractivity contribution in [3.8, 4) is 0 Å². The smallest absolute Gasteiger partial charge is 0.343 e. The fourth-order valence-electron chi connectivity index (χ4n) is 0.409. The number of aliphatic hydroxyl groups excluding tert-OH is 1. The van der Waals surface area contributed by atoms with Gasteiger partial charge >= 0.3 is 15.2 Å². The van der Waals surface area contributed by atoms with E-state index in [2.05, 4.69) is 0 Å². The van der Waals surface area contributed by atoms with Gasteiger partial charge in [-0.05, 0) is 0 Å². The van der Waals surface area contributed by atoms with Crippen LogP contribution in [0.5, 0.6) is 0 Å². The van der Waals surface area contributed by atoms with Crippen LogP contribution in [0.2, 0.25) is 0 Å². The second-order valence-electron chi connectivity index (χ2n) is 1.84. The molecule has 0 saturated heterocycles. The van der Waals surface area contributed by atoms with Crippen molar-refractivity contribution in [2.24, 2.45) is 0 Å². The molecule has 0 aromatic carbocycles. The first-order valence-corrected chi connectivity index (χ1v) is 5.77. The molecule has 0 aromatic rings. The molecule has 5 N–H and O–H groups in total. The fourth-order valence-corrected chi connectivity index (χ4v) is 2.40. The minimum Gasteiger partial charge on any atom is -0.395 e. The molecule has 0 unspecified atom stereocenters. The van der Waals surface area contributed by atoms with E-state index in [1.54, 1.807) is 0 Å². The van der Waals surface area contributed by atoms with Gasteiger partial charge in [-0.3, -0.25) is 9.13 Å². The normalized spacial score (nSPS) is 12.8. The Hall–Kier alpha value is 1.26. The molecule has 0 aliphatic rings. The molecule has 0 aliphatic heterocycles. The Morgan fingerprint density at radius 3 is 1.25 bits per heavy atom. The summed E-state index contributed by atoms with van der Waals surface area (Å²) in [6, 6.07) is 0. The van der Waals surface area contributed by atoms with E-state index in [1.807, 2.05) is 0 Å². The van der Waals surface area contributed by atoms with Crippen molar-refractivity contribution in [3.63, 3.8) is 0 Å². The Kier molecular flexibility index (Phi) is 6.84. The average Bonchev–Trinajstić information content (AvgIpc) is 1.56. The van der Waals surface area contributed by atoms with Gasteiger partial charge in [0.1, 0.15) is 0 Å². The van der Waals surface area contributed by atoms with Gasteiger partial charge in [-0.15, -0.1) is 0 Å². The first kappa shape index (κ1) is 15.7. The third kappa shape index (κ3) is 5.09. The zero-order chi connectivity index (χ0) is 9.28. The summed E-state index contributed by atoms with van der Waals surface area (Å²) < 4.78 is 20.5. The zero-order valence-electron chi connectivity index (χ0n) is 6.23. The van der Waals surface area contributed by atoms with Gasteiger partial charge in [0.25, 0.3) is 0 Å². The quantitative estimate of drug-likeness (QED) is 0.287. The van der Waals surface area contributed by atoms with Crippen LogP contribution in [0, 0.1) is 0 Å². The number of hydrogen-bond donors (Lipinski definition) is 5. The fraction of sp³-hybridized carbons (Fsp3) is 1.00. The third-order valence-corrected chi connectivity index (χ3v) is 4.62. The predicted octanol–water partition coefficient (Wildman–Crippen LogP) is -1.72. The molecule has 0 atom stereocenters. The summed E-state index contributed by atoms with van der Waals surface area (Å²) in [6.07, 6.45) is 0. The van der Waals surface area contributed by atoms with Crippen LogP contribution < -0.4 is 0 Å². The molecule has 69 valence electrons. The number of aliphatic hydroxyl groups is 1. The minimum absolute atomic E-state index is 0. The topological polar surface area (TPSA) is 135 Å². The summed E-state index contributed by atoms with van der Waals surface area (Å²) in [7, 11) is -9.82. The van der Waals surface area contributed by atoms with Crippen LogP contribution in [-0.4, -0.2) is 66.2 Å². The SMILES string of the molecule is O=P(O)(O)C(CO)P(=O)(O)O.[Na]. The molecule has 1 radical (unpaired) electrons. The number of hydrogen-bond acceptors (Lipinski definition) is 3. The summed E-state index contributed by atoms with van der Waals surface area (Å²) in [6.45, 7) is -1.24. The van der Waals surface area contributed by atoms with E-state index in [4.69, 9.17) is 24.7 Å². The van der Waals surface area contributed by atoms with Crippen LogP contribution in [0.4, 0.5) is 0 Å². The van der Waals surface area contributed by atoms with Crippen molar-refractivity contribution >= 4 is 44.7 Å². The maximum Gasteiger partial charge on any atom is 0.343 e. The Balaban J connectivity index is 0. The summed E-state index contributed by atoms with van der Waals surface area (Å²) in [5.74, 6) is 0. The second-order valence-corrected chi connectivity index (χ2v) is 5.85. The molecular formula is C2H8NaO7P2. The van der Waals surface area contributed by atoms with E-state index in [-0.39, 0.29) is 29.6 Å². The van der Waals surface area contributed by atoms with Gasteiger partial charge in [-0.1, -0.05) is 0 Å². The third-order valence-electron chi connectivity index (χ3n) is 0.940. The average molecular weight is 229 g/mol. The van der Waals surface area contributed by atoms with E-state index in [1.165, 1.54) is 0 Å². The first-order valence-electron chi connectivity index (χ1n) is 2.41. The van der Waals surface area contributed by atoms with Crippen LogP contribution >= 0.6 is 15.2 Å². The molecule has 12 heavy (non-hydrogen) atoms. The van der Waals surface area contributed by atoms with Crippen LogP contribution in [-0.2, 0) is 9.13 Å². The van der Waals surface area contributed by atoms with E-state index in [0.717, 1.165) is 0 Å². The van der Waals surface area contributed by atoms with Crippen molar-refractivity contribution in [3.05, 3.63) is 0 Å². The van der Waals surface area contributed by atoms with Crippen molar-refractivity contribution in [2.45, 2.75) is 5.40 Å². The van der Waals surface area contributed by atoms with Gasteiger partial charge in [0.15, 0.2) is 5.40 Å². The molecule has 10 heteroatoms. The van der Waals surface area contributed by atoms with Crippen molar-refractivity contribution < 1.29 is 33.8 Å². The Morgan fingerprint density at radius 1 is 1.00 bits per heavy atom. The summed E-state index contributed by atoms with van der Waals surface area (Å²) >= 11 is 0. The zero-order valence-corrected chi connectivity index (χ0v) is 10.0. The summed E-state index contributed by atoms with van der Waals surface area (Å²) in [5.41, 5.74) is 0. The molecule has 0 spiro atoms. The van der Waals surface area contributed by atoms with Gasteiger partial charge in [0, 0.05) is 29.6 Å². The van der Waals surface area contributed by atoms with Gasteiger partial charge in [0.05, 0.1) is 6.61 Å². The largest absolute Gasteiger partial charge is 0.395 e. The first-order chi connectivity index (χ1) is 4.69. The van der Waals surface area contributed by atoms with E-state index in [0.29, 0.717) is 0 Å². The van der Waals surface area contributed by atoms with E-state index in [9.17, 15) is 9.13 Å².